The molecule has 1 aromatic carbocycles. The SMILES string of the molecule is C=CCn1c(=O)/c(=C/CCCCC)[nH]c(=O)/c1=C/c1ccc(OC)cc1. The number of nitrogens with zero attached hydrogens (tertiary/aromatic N) is 1. The Bertz CT molecular complexity index is 966. The molecule has 0 atom stereocenters. The molecular weight excluding hydrogens is 328 g/mol. The minimum absolute atomic E-state index is 0.208. The molecule has 5 nitrogen and oxygen atoms in total. The Kier molecular flexibility index (Phi) is 7.21. The van der Waals surface area contributed by atoms with Gasteiger partial charge in [-0.25, -0.2) is 0 Å². The molecule has 0 spiro atoms. The van der Waals surface area contributed by atoms with Crippen molar-refractivity contribution in [3.63, 3.8) is 0 Å². The van der Waals surface area contributed by atoms with E-state index in [1.807, 2.05) is 30.3 Å². The van der Waals surface area contributed by atoms with Crippen molar-refractivity contribution < 1.29 is 4.74 Å². The molecule has 0 aliphatic carbocycles. The van der Waals surface area contributed by atoms with Gasteiger partial charge in [0, 0.05) is 6.54 Å². The van der Waals surface area contributed by atoms with Gasteiger partial charge in [0.05, 0.1) is 7.11 Å². The Morgan fingerprint density at radius 2 is 1.92 bits per heavy atom. The average Bonchev–Trinajstić information content (AvgIpc) is 2.65. The summed E-state index contributed by atoms with van der Waals surface area (Å²) in [5, 5.41) is 0.658. The van der Waals surface area contributed by atoms with Crippen molar-refractivity contribution >= 4 is 12.2 Å². The second kappa shape index (κ2) is 9.61. The average molecular weight is 354 g/mol. The van der Waals surface area contributed by atoms with E-state index in [2.05, 4.69) is 18.5 Å². The van der Waals surface area contributed by atoms with Gasteiger partial charge in [-0.15, -0.1) is 6.58 Å². The lowest BCUT2D eigenvalue weighted by molar-refractivity contribution is 0.415. The van der Waals surface area contributed by atoms with Gasteiger partial charge in [0.15, 0.2) is 0 Å². The van der Waals surface area contributed by atoms with Crippen molar-refractivity contribution in [2.24, 2.45) is 0 Å². The molecule has 1 heterocycles. The molecule has 0 saturated carbocycles. The van der Waals surface area contributed by atoms with Crippen LogP contribution in [0.5, 0.6) is 5.75 Å². The molecule has 1 N–H and O–H groups in total. The summed E-state index contributed by atoms with van der Waals surface area (Å²) in [5.74, 6) is 0.733. The molecule has 0 aliphatic heterocycles. The van der Waals surface area contributed by atoms with E-state index in [1.165, 1.54) is 4.57 Å². The number of ether oxygens (including phenoxy) is 1. The number of allylic oxidation sites excluding steroid dienone is 1. The van der Waals surface area contributed by atoms with Crippen LogP contribution in [0.2, 0.25) is 0 Å². The highest BCUT2D eigenvalue weighted by Gasteiger charge is 2.04. The third-order valence-electron chi connectivity index (χ3n) is 4.13. The van der Waals surface area contributed by atoms with Crippen LogP contribution in [0.4, 0.5) is 0 Å². The molecule has 2 aromatic rings. The summed E-state index contributed by atoms with van der Waals surface area (Å²) >= 11 is 0. The number of benzene rings is 1. The predicted molar refractivity (Wildman–Crippen MR) is 106 cm³/mol. The van der Waals surface area contributed by atoms with E-state index in [0.29, 0.717) is 10.7 Å². The predicted octanol–water partition coefficient (Wildman–Crippen LogP) is 1.92. The summed E-state index contributed by atoms with van der Waals surface area (Å²) in [6, 6.07) is 7.30. The minimum atomic E-state index is -0.288. The van der Waals surface area contributed by atoms with Gasteiger partial charge in [-0.1, -0.05) is 44.1 Å². The lowest BCUT2D eigenvalue weighted by Crippen LogP contribution is -2.53. The summed E-state index contributed by atoms with van der Waals surface area (Å²) < 4.78 is 6.60. The zero-order valence-corrected chi connectivity index (χ0v) is 15.5. The maximum absolute atomic E-state index is 12.8. The fourth-order valence-corrected chi connectivity index (χ4v) is 2.71. The number of methoxy groups -OCH3 is 1. The highest BCUT2D eigenvalue weighted by Crippen LogP contribution is 2.11. The van der Waals surface area contributed by atoms with E-state index in [4.69, 9.17) is 4.74 Å². The second-order valence-electron chi connectivity index (χ2n) is 6.07. The summed E-state index contributed by atoms with van der Waals surface area (Å²) in [5.41, 5.74) is 0.318. The Balaban J connectivity index is 2.57. The summed E-state index contributed by atoms with van der Waals surface area (Å²) in [4.78, 5) is 28.1. The number of unbranched alkanes of at least 4 members (excludes halogenated alkanes) is 3. The first-order valence-corrected chi connectivity index (χ1v) is 8.90. The molecule has 0 fully saturated rings. The van der Waals surface area contributed by atoms with Gasteiger partial charge in [0.1, 0.15) is 16.4 Å². The van der Waals surface area contributed by atoms with E-state index in [0.717, 1.165) is 37.0 Å². The Hall–Kier alpha value is -2.82. The van der Waals surface area contributed by atoms with Gasteiger partial charge in [0.2, 0.25) is 0 Å². The van der Waals surface area contributed by atoms with Crippen molar-refractivity contribution in [1.82, 2.24) is 9.55 Å². The third kappa shape index (κ3) is 4.85. The summed E-state index contributed by atoms with van der Waals surface area (Å²) in [7, 11) is 1.60. The molecule has 0 bridgehead atoms. The number of hydrogen-bond donors (Lipinski definition) is 1. The van der Waals surface area contributed by atoms with E-state index >= 15 is 0 Å². The molecule has 26 heavy (non-hydrogen) atoms. The highest BCUT2D eigenvalue weighted by atomic mass is 16.5. The van der Waals surface area contributed by atoms with Crippen molar-refractivity contribution in [3.05, 3.63) is 73.9 Å². The monoisotopic (exact) mass is 354 g/mol. The molecule has 1 aromatic heterocycles. The first-order valence-electron chi connectivity index (χ1n) is 8.90. The smallest absolute Gasteiger partial charge is 0.274 e. The van der Waals surface area contributed by atoms with Crippen molar-refractivity contribution in [2.45, 2.75) is 39.2 Å². The van der Waals surface area contributed by atoms with Crippen LogP contribution in [0.3, 0.4) is 0 Å². The Labute approximate surface area is 153 Å². The van der Waals surface area contributed by atoms with Gasteiger partial charge in [-0.2, -0.15) is 0 Å². The van der Waals surface area contributed by atoms with Crippen LogP contribution in [0.15, 0.2) is 46.5 Å². The summed E-state index contributed by atoms with van der Waals surface area (Å²) in [6.07, 6.45) is 9.12. The van der Waals surface area contributed by atoms with Gasteiger partial charge < -0.3 is 9.72 Å². The second-order valence-corrected chi connectivity index (χ2v) is 6.07. The van der Waals surface area contributed by atoms with Crippen molar-refractivity contribution in [1.29, 1.82) is 0 Å². The molecule has 138 valence electrons. The zero-order valence-electron chi connectivity index (χ0n) is 15.5. The zero-order chi connectivity index (χ0) is 18.9. The number of aromatic nitrogens is 2. The Morgan fingerprint density at radius 1 is 1.19 bits per heavy atom. The van der Waals surface area contributed by atoms with Crippen LogP contribution >= 0.6 is 0 Å². The number of rotatable bonds is 8. The maximum Gasteiger partial charge on any atom is 0.274 e. The number of aromatic amines is 1. The first kappa shape index (κ1) is 19.5. The fourth-order valence-electron chi connectivity index (χ4n) is 2.71. The first-order chi connectivity index (χ1) is 12.6. The van der Waals surface area contributed by atoms with Gasteiger partial charge in [-0.3, -0.25) is 14.2 Å². The molecule has 2 rings (SSSR count). The van der Waals surface area contributed by atoms with E-state index in [9.17, 15) is 9.59 Å². The molecule has 5 heteroatoms. The molecule has 0 aliphatic rings. The molecule has 0 unspecified atom stereocenters. The van der Waals surface area contributed by atoms with Gasteiger partial charge >= 0.3 is 0 Å². The van der Waals surface area contributed by atoms with Crippen LogP contribution in [-0.2, 0) is 6.54 Å². The van der Waals surface area contributed by atoms with Crippen LogP contribution in [0, 0.1) is 0 Å². The number of hydrogen-bond acceptors (Lipinski definition) is 3. The topological polar surface area (TPSA) is 64.1 Å². The lowest BCUT2D eigenvalue weighted by atomic mass is 10.2. The molecule has 0 saturated heterocycles. The van der Waals surface area contributed by atoms with E-state index in [1.54, 1.807) is 19.3 Å². The lowest BCUT2D eigenvalue weighted by Gasteiger charge is -2.04. The van der Waals surface area contributed by atoms with Crippen molar-refractivity contribution in [2.75, 3.05) is 7.11 Å². The fraction of sp³-hybridized carbons (Fsp3) is 0.333. The van der Waals surface area contributed by atoms with Crippen LogP contribution in [0.25, 0.3) is 12.2 Å². The third-order valence-corrected chi connectivity index (χ3v) is 4.13. The van der Waals surface area contributed by atoms with Gasteiger partial charge in [0.25, 0.3) is 11.1 Å². The number of H-pyrrole nitrogens is 1. The van der Waals surface area contributed by atoms with Crippen molar-refractivity contribution in [3.8, 4) is 5.75 Å². The quantitative estimate of drug-likeness (QED) is 0.582. The van der Waals surface area contributed by atoms with E-state index < -0.39 is 0 Å². The normalized spacial score (nSPS) is 12.4. The van der Waals surface area contributed by atoms with E-state index in [-0.39, 0.29) is 17.7 Å². The Morgan fingerprint density at radius 3 is 2.54 bits per heavy atom. The molecule has 0 radical (unpaired) electrons. The molecule has 0 amide bonds. The van der Waals surface area contributed by atoms with Gasteiger partial charge in [-0.05, 0) is 36.6 Å². The molecular formula is C21H26N2O3. The van der Waals surface area contributed by atoms with Crippen LogP contribution in [-0.4, -0.2) is 16.7 Å². The highest BCUT2D eigenvalue weighted by molar-refractivity contribution is 5.49. The van der Waals surface area contributed by atoms with Crippen LogP contribution in [0.1, 0.15) is 38.2 Å². The van der Waals surface area contributed by atoms with Crippen LogP contribution < -0.4 is 26.6 Å². The standard InChI is InChI=1S/C21H26N2O3/c1-4-6-7-8-9-18-21(25)23(14-5-2)19(20(24)22-18)15-16-10-12-17(26-3)13-11-16/h5,9-13,15H,2,4,6-8,14H2,1,3H3,(H,22,24)/b18-9-,19-15-. The maximum atomic E-state index is 12.8. The summed E-state index contributed by atoms with van der Waals surface area (Å²) in [6.45, 7) is 6.11. The largest absolute Gasteiger partial charge is 0.497 e. The number of nitrogens with one attached hydrogen (secondary N) is 1. The minimum Gasteiger partial charge on any atom is -0.497 e.